The maximum atomic E-state index is 12.7. The standard InChI is InChI=1S/C19H24N4O2/c1-12-10-13(12)19(25)23-9-5-4-8-16(23)18(24)20-11-17-21-14-6-2-3-7-15(14)22-17/h2-3,6-7,12-13,16H,4-5,8-11H2,1H3,(H,20,24)(H,21,22)/t12-,13+,16-/m1/s1. The fraction of sp³-hybridized carbons (Fsp3) is 0.526. The van der Waals surface area contributed by atoms with Crippen LogP contribution in [0.15, 0.2) is 24.3 Å². The van der Waals surface area contributed by atoms with E-state index < -0.39 is 0 Å². The predicted molar refractivity (Wildman–Crippen MR) is 94.6 cm³/mol. The van der Waals surface area contributed by atoms with E-state index >= 15 is 0 Å². The molecule has 0 bridgehead atoms. The molecule has 1 aromatic heterocycles. The van der Waals surface area contributed by atoms with Crippen LogP contribution >= 0.6 is 0 Å². The minimum Gasteiger partial charge on any atom is -0.347 e. The molecule has 2 amide bonds. The highest BCUT2D eigenvalue weighted by atomic mass is 16.2. The fourth-order valence-electron chi connectivity index (χ4n) is 3.73. The maximum absolute atomic E-state index is 12.7. The van der Waals surface area contributed by atoms with Gasteiger partial charge < -0.3 is 15.2 Å². The number of hydrogen-bond donors (Lipinski definition) is 2. The average molecular weight is 340 g/mol. The lowest BCUT2D eigenvalue weighted by Gasteiger charge is -2.35. The highest BCUT2D eigenvalue weighted by Gasteiger charge is 2.44. The second-order valence-electron chi connectivity index (χ2n) is 7.28. The highest BCUT2D eigenvalue weighted by molar-refractivity contribution is 5.89. The molecule has 1 saturated heterocycles. The molecule has 4 rings (SSSR count). The van der Waals surface area contributed by atoms with Crippen LogP contribution in [0.25, 0.3) is 11.0 Å². The summed E-state index contributed by atoms with van der Waals surface area (Å²) in [6, 6.07) is 7.46. The van der Waals surface area contributed by atoms with E-state index in [0.717, 1.165) is 42.5 Å². The van der Waals surface area contributed by atoms with Gasteiger partial charge in [0.25, 0.3) is 0 Å². The number of benzene rings is 1. The average Bonchev–Trinajstić information content (AvgIpc) is 3.22. The third-order valence-electron chi connectivity index (χ3n) is 5.38. The van der Waals surface area contributed by atoms with E-state index in [0.29, 0.717) is 19.0 Å². The van der Waals surface area contributed by atoms with Crippen molar-refractivity contribution in [1.82, 2.24) is 20.2 Å². The van der Waals surface area contributed by atoms with Gasteiger partial charge in [-0.05, 0) is 43.7 Å². The first-order valence-corrected chi connectivity index (χ1v) is 9.15. The lowest BCUT2D eigenvalue weighted by Crippen LogP contribution is -2.52. The summed E-state index contributed by atoms with van der Waals surface area (Å²) in [6.45, 7) is 3.15. The number of aromatic nitrogens is 2. The van der Waals surface area contributed by atoms with Crippen LogP contribution in [0.1, 0.15) is 38.4 Å². The number of amides is 2. The molecule has 0 radical (unpaired) electrons. The number of imidazole rings is 1. The molecule has 0 unspecified atom stereocenters. The van der Waals surface area contributed by atoms with Crippen LogP contribution in [0.3, 0.4) is 0 Å². The molecule has 25 heavy (non-hydrogen) atoms. The molecule has 3 atom stereocenters. The number of carbonyl (C=O) groups excluding carboxylic acids is 2. The van der Waals surface area contributed by atoms with Gasteiger partial charge in [-0.25, -0.2) is 4.98 Å². The normalized spacial score (nSPS) is 25.8. The quantitative estimate of drug-likeness (QED) is 0.896. The Kier molecular flexibility index (Phi) is 4.19. The largest absolute Gasteiger partial charge is 0.347 e. The minimum absolute atomic E-state index is 0.0678. The summed E-state index contributed by atoms with van der Waals surface area (Å²) in [7, 11) is 0. The van der Waals surface area contributed by atoms with Crippen LogP contribution in [-0.4, -0.2) is 39.3 Å². The molecule has 1 aromatic carbocycles. The van der Waals surface area contributed by atoms with Crippen LogP contribution in [0.4, 0.5) is 0 Å². The molecule has 132 valence electrons. The molecule has 2 aliphatic rings. The summed E-state index contributed by atoms with van der Waals surface area (Å²) < 4.78 is 0. The smallest absolute Gasteiger partial charge is 0.243 e. The van der Waals surface area contributed by atoms with Gasteiger partial charge in [0.2, 0.25) is 11.8 Å². The Morgan fingerprint density at radius 1 is 1.32 bits per heavy atom. The van der Waals surface area contributed by atoms with Crippen molar-refractivity contribution in [3.8, 4) is 0 Å². The molecule has 1 saturated carbocycles. The number of H-pyrrole nitrogens is 1. The summed E-state index contributed by atoms with van der Waals surface area (Å²) in [6.07, 6.45) is 3.69. The Balaban J connectivity index is 1.40. The van der Waals surface area contributed by atoms with E-state index in [9.17, 15) is 9.59 Å². The predicted octanol–water partition coefficient (Wildman–Crippen LogP) is 2.22. The van der Waals surface area contributed by atoms with Crippen LogP contribution in [-0.2, 0) is 16.1 Å². The van der Waals surface area contributed by atoms with Crippen molar-refractivity contribution >= 4 is 22.8 Å². The maximum Gasteiger partial charge on any atom is 0.243 e. The minimum atomic E-state index is -0.335. The second kappa shape index (κ2) is 6.50. The van der Waals surface area contributed by atoms with Gasteiger partial charge >= 0.3 is 0 Å². The number of carbonyl (C=O) groups is 2. The van der Waals surface area contributed by atoms with Crippen LogP contribution in [0, 0.1) is 11.8 Å². The molecule has 1 aliphatic carbocycles. The molecule has 0 spiro atoms. The van der Waals surface area contributed by atoms with Crippen molar-refractivity contribution in [2.24, 2.45) is 11.8 Å². The van der Waals surface area contributed by atoms with Crippen LogP contribution in [0.2, 0.25) is 0 Å². The first-order valence-electron chi connectivity index (χ1n) is 9.15. The zero-order valence-electron chi connectivity index (χ0n) is 14.5. The number of fused-ring (bicyclic) bond motifs is 1. The van der Waals surface area contributed by atoms with Crippen LogP contribution < -0.4 is 5.32 Å². The lowest BCUT2D eigenvalue weighted by molar-refractivity contribution is -0.143. The van der Waals surface area contributed by atoms with E-state index in [-0.39, 0.29) is 23.8 Å². The van der Waals surface area contributed by atoms with Crippen molar-refractivity contribution in [1.29, 1.82) is 0 Å². The Labute approximate surface area is 147 Å². The van der Waals surface area contributed by atoms with Gasteiger partial charge in [0.1, 0.15) is 11.9 Å². The molecule has 2 heterocycles. The first kappa shape index (κ1) is 16.1. The molecule has 6 nitrogen and oxygen atoms in total. The molecule has 2 aromatic rings. The highest BCUT2D eigenvalue weighted by Crippen LogP contribution is 2.40. The van der Waals surface area contributed by atoms with Gasteiger partial charge in [-0.1, -0.05) is 19.1 Å². The van der Waals surface area contributed by atoms with Gasteiger partial charge in [0.15, 0.2) is 0 Å². The Morgan fingerprint density at radius 2 is 2.12 bits per heavy atom. The van der Waals surface area contributed by atoms with Gasteiger partial charge in [0, 0.05) is 12.5 Å². The number of aromatic amines is 1. The SMILES string of the molecule is C[C@@H]1C[C@@H]1C(=O)N1CCCC[C@@H]1C(=O)NCc1nc2ccccc2[nH]1. The summed E-state index contributed by atoms with van der Waals surface area (Å²) in [5.41, 5.74) is 1.85. The molecule has 1 aliphatic heterocycles. The summed E-state index contributed by atoms with van der Waals surface area (Å²) in [5.74, 6) is 1.43. The topological polar surface area (TPSA) is 78.1 Å². The summed E-state index contributed by atoms with van der Waals surface area (Å²) >= 11 is 0. The van der Waals surface area contributed by atoms with Crippen molar-refractivity contribution in [3.05, 3.63) is 30.1 Å². The molecular formula is C19H24N4O2. The third-order valence-corrected chi connectivity index (χ3v) is 5.38. The van der Waals surface area contributed by atoms with Gasteiger partial charge in [0.05, 0.1) is 17.6 Å². The molecule has 2 fully saturated rings. The molecular weight excluding hydrogens is 316 g/mol. The van der Waals surface area contributed by atoms with Crippen molar-refractivity contribution in [2.45, 2.75) is 45.2 Å². The first-order chi connectivity index (χ1) is 12.1. The van der Waals surface area contributed by atoms with Crippen molar-refractivity contribution in [3.63, 3.8) is 0 Å². The lowest BCUT2D eigenvalue weighted by atomic mass is 10.0. The number of para-hydroxylation sites is 2. The second-order valence-corrected chi connectivity index (χ2v) is 7.28. The van der Waals surface area contributed by atoms with Crippen molar-refractivity contribution < 1.29 is 9.59 Å². The van der Waals surface area contributed by atoms with E-state index in [1.807, 2.05) is 29.2 Å². The number of nitrogens with one attached hydrogen (secondary N) is 2. The Bertz CT molecular complexity index is 767. The zero-order valence-corrected chi connectivity index (χ0v) is 14.5. The van der Waals surface area contributed by atoms with E-state index in [2.05, 4.69) is 22.2 Å². The third kappa shape index (κ3) is 3.25. The number of nitrogens with zero attached hydrogens (tertiary/aromatic N) is 2. The van der Waals surface area contributed by atoms with Gasteiger partial charge in [-0.15, -0.1) is 0 Å². The van der Waals surface area contributed by atoms with Gasteiger partial charge in [-0.2, -0.15) is 0 Å². The molecule has 2 N–H and O–H groups in total. The molecule has 6 heteroatoms. The van der Waals surface area contributed by atoms with Crippen molar-refractivity contribution in [2.75, 3.05) is 6.54 Å². The summed E-state index contributed by atoms with van der Waals surface area (Å²) in [5, 5.41) is 2.96. The zero-order chi connectivity index (χ0) is 17.4. The van der Waals surface area contributed by atoms with Crippen LogP contribution in [0.5, 0.6) is 0 Å². The Hall–Kier alpha value is -2.37. The van der Waals surface area contributed by atoms with E-state index in [1.165, 1.54) is 0 Å². The van der Waals surface area contributed by atoms with Gasteiger partial charge in [-0.3, -0.25) is 9.59 Å². The Morgan fingerprint density at radius 3 is 2.88 bits per heavy atom. The monoisotopic (exact) mass is 340 g/mol. The summed E-state index contributed by atoms with van der Waals surface area (Å²) in [4.78, 5) is 34.8. The van der Waals surface area contributed by atoms with E-state index in [4.69, 9.17) is 0 Å². The number of rotatable bonds is 4. The van der Waals surface area contributed by atoms with E-state index in [1.54, 1.807) is 0 Å². The number of likely N-dealkylation sites (tertiary alicyclic amines) is 1. The number of piperidine rings is 1. The fourth-order valence-corrected chi connectivity index (χ4v) is 3.73. The number of hydrogen-bond acceptors (Lipinski definition) is 3.